The number of aliphatic hydroxyl groups excluding tert-OH is 1. The molecule has 2 fully saturated rings. The summed E-state index contributed by atoms with van der Waals surface area (Å²) in [5.74, 6) is 0. The minimum atomic E-state index is -0.148. The lowest BCUT2D eigenvalue weighted by molar-refractivity contribution is -0.147. The standard InChI is InChI=1S/C15H29NO2/c1-6-15(5)11(9-13(15)18-7-2)16-10-8-12(17)14(10,3)4/h10-13,16-17H,6-9H2,1-5H3. The van der Waals surface area contributed by atoms with Crippen LogP contribution in [0, 0.1) is 10.8 Å². The van der Waals surface area contributed by atoms with Crippen molar-refractivity contribution in [3.8, 4) is 0 Å². The molecule has 18 heavy (non-hydrogen) atoms. The zero-order valence-electron chi connectivity index (χ0n) is 12.5. The Morgan fingerprint density at radius 1 is 1.17 bits per heavy atom. The molecule has 2 N–H and O–H groups in total. The molecule has 2 rings (SSSR count). The molecule has 0 saturated heterocycles. The van der Waals surface area contributed by atoms with Crippen molar-refractivity contribution in [3.05, 3.63) is 0 Å². The number of aliphatic hydroxyl groups is 1. The molecule has 0 aromatic carbocycles. The van der Waals surface area contributed by atoms with Crippen LogP contribution in [0.3, 0.4) is 0 Å². The van der Waals surface area contributed by atoms with Gasteiger partial charge >= 0.3 is 0 Å². The Morgan fingerprint density at radius 2 is 1.83 bits per heavy atom. The molecule has 0 aromatic heterocycles. The van der Waals surface area contributed by atoms with Gasteiger partial charge in [-0.1, -0.05) is 27.7 Å². The second-order valence-electron chi connectivity index (χ2n) is 6.88. The van der Waals surface area contributed by atoms with Crippen molar-refractivity contribution in [1.82, 2.24) is 5.32 Å². The van der Waals surface area contributed by atoms with E-state index < -0.39 is 0 Å². The predicted octanol–water partition coefficient (Wildman–Crippen LogP) is 2.33. The molecule has 0 heterocycles. The van der Waals surface area contributed by atoms with Gasteiger partial charge in [-0.05, 0) is 26.2 Å². The zero-order valence-corrected chi connectivity index (χ0v) is 12.5. The Kier molecular flexibility index (Phi) is 3.79. The first kappa shape index (κ1) is 14.3. The highest BCUT2D eigenvalue weighted by atomic mass is 16.5. The van der Waals surface area contributed by atoms with Gasteiger partial charge in [0.1, 0.15) is 0 Å². The minimum absolute atomic E-state index is 0.0192. The van der Waals surface area contributed by atoms with Crippen LogP contribution in [0.25, 0.3) is 0 Å². The number of hydrogen-bond acceptors (Lipinski definition) is 3. The molecule has 106 valence electrons. The zero-order chi connectivity index (χ0) is 13.6. The first-order valence-electron chi connectivity index (χ1n) is 7.42. The van der Waals surface area contributed by atoms with E-state index in [-0.39, 0.29) is 16.9 Å². The van der Waals surface area contributed by atoms with E-state index in [2.05, 4.69) is 39.9 Å². The predicted molar refractivity (Wildman–Crippen MR) is 73.5 cm³/mol. The summed E-state index contributed by atoms with van der Waals surface area (Å²) in [7, 11) is 0. The molecule has 0 radical (unpaired) electrons. The van der Waals surface area contributed by atoms with E-state index >= 15 is 0 Å². The van der Waals surface area contributed by atoms with Crippen LogP contribution >= 0.6 is 0 Å². The molecule has 0 amide bonds. The second kappa shape index (κ2) is 4.77. The van der Waals surface area contributed by atoms with Crippen molar-refractivity contribution < 1.29 is 9.84 Å². The topological polar surface area (TPSA) is 41.5 Å². The van der Waals surface area contributed by atoms with E-state index in [0.717, 1.165) is 25.9 Å². The maximum Gasteiger partial charge on any atom is 0.0658 e. The van der Waals surface area contributed by atoms with Gasteiger partial charge in [0, 0.05) is 29.5 Å². The van der Waals surface area contributed by atoms with Gasteiger partial charge in [0.2, 0.25) is 0 Å². The average Bonchev–Trinajstić information content (AvgIpc) is 2.35. The van der Waals surface area contributed by atoms with Gasteiger partial charge < -0.3 is 15.2 Å². The highest BCUT2D eigenvalue weighted by Crippen LogP contribution is 2.48. The summed E-state index contributed by atoms with van der Waals surface area (Å²) < 4.78 is 5.83. The van der Waals surface area contributed by atoms with Gasteiger partial charge in [-0.15, -0.1) is 0 Å². The molecule has 2 aliphatic carbocycles. The third-order valence-corrected chi connectivity index (χ3v) is 5.73. The fraction of sp³-hybridized carbons (Fsp3) is 1.00. The van der Waals surface area contributed by atoms with Crippen molar-refractivity contribution >= 4 is 0 Å². The summed E-state index contributed by atoms with van der Waals surface area (Å²) in [6.07, 6.45) is 3.40. The molecule has 0 aliphatic heterocycles. The molecular weight excluding hydrogens is 226 g/mol. The quantitative estimate of drug-likeness (QED) is 0.792. The fourth-order valence-electron chi connectivity index (χ4n) is 3.44. The molecular formula is C15H29NO2. The number of rotatable bonds is 5. The van der Waals surface area contributed by atoms with Crippen LogP contribution in [0.4, 0.5) is 0 Å². The SMILES string of the molecule is CCOC1CC(NC2CC(O)C2(C)C)C1(C)CC. The van der Waals surface area contributed by atoms with Gasteiger partial charge in [0.15, 0.2) is 0 Å². The third kappa shape index (κ3) is 2.00. The first-order valence-corrected chi connectivity index (χ1v) is 7.42. The van der Waals surface area contributed by atoms with Crippen molar-refractivity contribution in [3.63, 3.8) is 0 Å². The summed E-state index contributed by atoms with van der Waals surface area (Å²) >= 11 is 0. The number of hydrogen-bond donors (Lipinski definition) is 2. The minimum Gasteiger partial charge on any atom is -0.392 e. The Labute approximate surface area is 111 Å². The molecule has 2 saturated carbocycles. The lowest BCUT2D eigenvalue weighted by atomic mass is 9.58. The first-order chi connectivity index (χ1) is 8.36. The van der Waals surface area contributed by atoms with Crippen molar-refractivity contribution in [2.45, 2.75) is 78.2 Å². The smallest absolute Gasteiger partial charge is 0.0658 e. The summed E-state index contributed by atoms with van der Waals surface area (Å²) in [6, 6.07) is 0.988. The van der Waals surface area contributed by atoms with Crippen LogP contribution in [-0.4, -0.2) is 36.0 Å². The maximum atomic E-state index is 9.81. The van der Waals surface area contributed by atoms with Crippen LogP contribution in [0.15, 0.2) is 0 Å². The van der Waals surface area contributed by atoms with Crippen LogP contribution in [0.1, 0.15) is 53.9 Å². The average molecular weight is 255 g/mol. The molecule has 3 nitrogen and oxygen atoms in total. The van der Waals surface area contributed by atoms with E-state index in [4.69, 9.17) is 4.74 Å². The number of nitrogens with one attached hydrogen (secondary N) is 1. The van der Waals surface area contributed by atoms with Crippen LogP contribution in [-0.2, 0) is 4.74 Å². The van der Waals surface area contributed by atoms with Crippen LogP contribution in [0.5, 0.6) is 0 Å². The van der Waals surface area contributed by atoms with Crippen LogP contribution in [0.2, 0.25) is 0 Å². The highest BCUT2D eigenvalue weighted by Gasteiger charge is 2.55. The molecule has 5 unspecified atom stereocenters. The summed E-state index contributed by atoms with van der Waals surface area (Å²) in [6.45, 7) is 11.8. The largest absolute Gasteiger partial charge is 0.392 e. The third-order valence-electron chi connectivity index (χ3n) is 5.73. The summed E-state index contributed by atoms with van der Waals surface area (Å²) in [5.41, 5.74) is 0.276. The van der Waals surface area contributed by atoms with E-state index in [1.807, 2.05) is 0 Å². The highest BCUT2D eigenvalue weighted by molar-refractivity contribution is 5.10. The van der Waals surface area contributed by atoms with Gasteiger partial charge in [0.05, 0.1) is 12.2 Å². The van der Waals surface area contributed by atoms with E-state index in [9.17, 15) is 5.11 Å². The Hall–Kier alpha value is -0.120. The molecule has 2 aliphatic rings. The number of ether oxygens (including phenoxy) is 1. The lowest BCUT2D eigenvalue weighted by Crippen LogP contribution is -2.69. The molecule has 0 aromatic rings. The second-order valence-corrected chi connectivity index (χ2v) is 6.88. The molecule has 5 atom stereocenters. The van der Waals surface area contributed by atoms with E-state index in [1.165, 1.54) is 0 Å². The molecule has 0 spiro atoms. The van der Waals surface area contributed by atoms with Crippen molar-refractivity contribution in [1.29, 1.82) is 0 Å². The Balaban J connectivity index is 1.92. The van der Waals surface area contributed by atoms with E-state index in [0.29, 0.717) is 18.2 Å². The van der Waals surface area contributed by atoms with Gasteiger partial charge in [0.25, 0.3) is 0 Å². The van der Waals surface area contributed by atoms with Crippen LogP contribution < -0.4 is 5.32 Å². The summed E-state index contributed by atoms with van der Waals surface area (Å²) in [4.78, 5) is 0. The normalized spacial score (nSPS) is 46.3. The maximum absolute atomic E-state index is 9.81. The van der Waals surface area contributed by atoms with Crippen molar-refractivity contribution in [2.75, 3.05) is 6.61 Å². The molecule has 0 bridgehead atoms. The summed E-state index contributed by atoms with van der Waals surface area (Å²) in [5, 5.41) is 13.6. The van der Waals surface area contributed by atoms with Gasteiger partial charge in [-0.25, -0.2) is 0 Å². The monoisotopic (exact) mass is 255 g/mol. The van der Waals surface area contributed by atoms with E-state index in [1.54, 1.807) is 0 Å². The Bertz CT molecular complexity index is 305. The molecule has 3 heteroatoms. The van der Waals surface area contributed by atoms with Gasteiger partial charge in [-0.2, -0.15) is 0 Å². The fourth-order valence-corrected chi connectivity index (χ4v) is 3.44. The Morgan fingerprint density at radius 3 is 2.28 bits per heavy atom. The lowest BCUT2D eigenvalue weighted by Gasteiger charge is -2.59. The van der Waals surface area contributed by atoms with Gasteiger partial charge in [-0.3, -0.25) is 0 Å². The van der Waals surface area contributed by atoms with Crippen molar-refractivity contribution in [2.24, 2.45) is 10.8 Å².